The largest absolute Gasteiger partial charge is 0.259 e. The van der Waals surface area contributed by atoms with E-state index in [1.807, 2.05) is 6.07 Å². The van der Waals surface area contributed by atoms with Crippen molar-refractivity contribution in [2.75, 3.05) is 0 Å². The molecule has 1 rings (SSSR count). The topological polar surface area (TPSA) is 12.0 Å². The third-order valence-electron chi connectivity index (χ3n) is 1.96. The Morgan fingerprint density at radius 1 is 1.17 bits per heavy atom. The molecule has 0 aromatic heterocycles. The van der Waals surface area contributed by atoms with Gasteiger partial charge in [-0.05, 0) is 11.5 Å². The van der Waals surface area contributed by atoms with Crippen LogP contribution in [0.3, 0.4) is 0 Å². The third kappa shape index (κ3) is 2.26. The standard InChI is InChI=1S/C10H15NS/c1-8(2)10(11-12)9-6-4-3-5-7-9/h3-8,10-12H,1-2H3. The summed E-state index contributed by atoms with van der Waals surface area (Å²) in [7, 11) is 0. The first-order valence-electron chi connectivity index (χ1n) is 4.20. The summed E-state index contributed by atoms with van der Waals surface area (Å²) in [6, 6.07) is 10.7. The van der Waals surface area contributed by atoms with Gasteiger partial charge in [0.25, 0.3) is 0 Å². The zero-order valence-corrected chi connectivity index (χ0v) is 8.38. The molecular weight excluding hydrogens is 166 g/mol. The van der Waals surface area contributed by atoms with Crippen molar-refractivity contribution in [3.05, 3.63) is 35.9 Å². The molecule has 2 heteroatoms. The Morgan fingerprint density at radius 2 is 1.75 bits per heavy atom. The van der Waals surface area contributed by atoms with Gasteiger partial charge in [-0.15, -0.1) is 0 Å². The average molecular weight is 181 g/mol. The van der Waals surface area contributed by atoms with Crippen molar-refractivity contribution in [2.24, 2.45) is 5.92 Å². The van der Waals surface area contributed by atoms with Crippen LogP contribution >= 0.6 is 12.8 Å². The van der Waals surface area contributed by atoms with Crippen molar-refractivity contribution in [3.63, 3.8) is 0 Å². The lowest BCUT2D eigenvalue weighted by atomic mass is 9.97. The predicted octanol–water partition coefficient (Wildman–Crippen LogP) is 2.82. The Kier molecular flexibility index (Phi) is 3.63. The van der Waals surface area contributed by atoms with Crippen LogP contribution in [0.5, 0.6) is 0 Å². The van der Waals surface area contributed by atoms with Gasteiger partial charge in [0.05, 0.1) is 0 Å². The van der Waals surface area contributed by atoms with E-state index in [2.05, 4.69) is 55.6 Å². The molecule has 0 saturated heterocycles. The van der Waals surface area contributed by atoms with Crippen molar-refractivity contribution in [1.82, 2.24) is 4.72 Å². The van der Waals surface area contributed by atoms with E-state index in [0.29, 0.717) is 12.0 Å². The molecular formula is C10H15NS. The molecule has 0 radical (unpaired) electrons. The molecule has 0 aliphatic carbocycles. The first-order chi connectivity index (χ1) is 5.75. The summed E-state index contributed by atoms with van der Waals surface area (Å²) in [6.07, 6.45) is 0. The van der Waals surface area contributed by atoms with Gasteiger partial charge in [-0.25, -0.2) is 0 Å². The molecule has 0 spiro atoms. The highest BCUT2D eigenvalue weighted by atomic mass is 32.1. The molecule has 1 nitrogen and oxygen atoms in total. The summed E-state index contributed by atoms with van der Waals surface area (Å²) in [5.41, 5.74) is 1.29. The van der Waals surface area contributed by atoms with E-state index in [1.165, 1.54) is 5.56 Å². The SMILES string of the molecule is CC(C)C(NS)c1ccccc1. The molecule has 0 heterocycles. The second-order valence-electron chi connectivity index (χ2n) is 3.26. The Labute approximate surface area is 79.7 Å². The van der Waals surface area contributed by atoms with E-state index in [4.69, 9.17) is 0 Å². The molecule has 1 aromatic rings. The van der Waals surface area contributed by atoms with E-state index in [9.17, 15) is 0 Å². The van der Waals surface area contributed by atoms with Crippen LogP contribution in [0.1, 0.15) is 25.5 Å². The summed E-state index contributed by atoms with van der Waals surface area (Å²) in [6.45, 7) is 4.36. The molecule has 0 bridgehead atoms. The zero-order chi connectivity index (χ0) is 8.97. The smallest absolute Gasteiger partial charge is 0.0442 e. The van der Waals surface area contributed by atoms with Crippen LogP contribution < -0.4 is 4.72 Å². The minimum Gasteiger partial charge on any atom is -0.259 e. The van der Waals surface area contributed by atoms with Gasteiger partial charge in [0.1, 0.15) is 0 Å². The Hall–Kier alpha value is -0.470. The van der Waals surface area contributed by atoms with Gasteiger partial charge in [-0.1, -0.05) is 57.0 Å². The maximum Gasteiger partial charge on any atom is 0.0442 e. The molecule has 0 aliphatic rings. The number of thiol groups is 1. The molecule has 1 atom stereocenters. The highest BCUT2D eigenvalue weighted by Crippen LogP contribution is 2.21. The second kappa shape index (κ2) is 4.53. The van der Waals surface area contributed by atoms with Crippen molar-refractivity contribution >= 4 is 12.8 Å². The molecule has 1 N–H and O–H groups in total. The summed E-state index contributed by atoms with van der Waals surface area (Å²) in [5.74, 6) is 0.560. The van der Waals surface area contributed by atoms with E-state index < -0.39 is 0 Å². The lowest BCUT2D eigenvalue weighted by Crippen LogP contribution is -2.17. The fourth-order valence-electron chi connectivity index (χ4n) is 1.27. The highest BCUT2D eigenvalue weighted by Gasteiger charge is 2.12. The first-order valence-corrected chi connectivity index (χ1v) is 4.65. The molecule has 0 amide bonds. The van der Waals surface area contributed by atoms with Crippen LogP contribution in [0.2, 0.25) is 0 Å². The van der Waals surface area contributed by atoms with E-state index in [0.717, 1.165) is 0 Å². The van der Waals surface area contributed by atoms with Gasteiger partial charge in [0, 0.05) is 6.04 Å². The number of hydrogen-bond acceptors (Lipinski definition) is 2. The Balaban J connectivity index is 2.80. The number of nitrogens with one attached hydrogen (secondary N) is 1. The summed E-state index contributed by atoms with van der Waals surface area (Å²) < 4.78 is 3.01. The van der Waals surface area contributed by atoms with Crippen LogP contribution in [-0.4, -0.2) is 0 Å². The number of rotatable bonds is 3. The van der Waals surface area contributed by atoms with E-state index >= 15 is 0 Å². The van der Waals surface area contributed by atoms with Crippen LogP contribution in [0.15, 0.2) is 30.3 Å². The minimum absolute atomic E-state index is 0.342. The zero-order valence-electron chi connectivity index (χ0n) is 7.49. The Bertz CT molecular complexity index is 221. The maximum absolute atomic E-state index is 4.12. The molecule has 1 aromatic carbocycles. The molecule has 1 unspecified atom stereocenters. The van der Waals surface area contributed by atoms with Gasteiger partial charge < -0.3 is 0 Å². The van der Waals surface area contributed by atoms with Crippen molar-refractivity contribution in [2.45, 2.75) is 19.9 Å². The molecule has 66 valence electrons. The maximum atomic E-state index is 4.12. The lowest BCUT2D eigenvalue weighted by molar-refractivity contribution is 0.488. The van der Waals surface area contributed by atoms with Crippen LogP contribution in [0.25, 0.3) is 0 Å². The second-order valence-corrected chi connectivity index (χ2v) is 3.52. The Morgan fingerprint density at radius 3 is 2.17 bits per heavy atom. The molecule has 0 aliphatic heterocycles. The van der Waals surface area contributed by atoms with Crippen LogP contribution in [-0.2, 0) is 0 Å². The normalized spacial score (nSPS) is 13.3. The fraction of sp³-hybridized carbons (Fsp3) is 0.400. The van der Waals surface area contributed by atoms with Crippen LogP contribution in [0, 0.1) is 5.92 Å². The van der Waals surface area contributed by atoms with Gasteiger partial charge in [-0.3, -0.25) is 4.72 Å². The summed E-state index contributed by atoms with van der Waals surface area (Å²) in [5, 5.41) is 0. The predicted molar refractivity (Wildman–Crippen MR) is 56.1 cm³/mol. The van der Waals surface area contributed by atoms with Crippen molar-refractivity contribution < 1.29 is 0 Å². The first kappa shape index (κ1) is 9.62. The van der Waals surface area contributed by atoms with Gasteiger partial charge in [0.2, 0.25) is 0 Å². The molecule has 0 saturated carbocycles. The third-order valence-corrected chi connectivity index (χ3v) is 2.24. The van der Waals surface area contributed by atoms with E-state index in [1.54, 1.807) is 0 Å². The highest BCUT2D eigenvalue weighted by molar-refractivity contribution is 7.78. The van der Waals surface area contributed by atoms with Crippen LogP contribution in [0.4, 0.5) is 0 Å². The van der Waals surface area contributed by atoms with Crippen molar-refractivity contribution in [3.8, 4) is 0 Å². The van der Waals surface area contributed by atoms with Gasteiger partial charge in [-0.2, -0.15) is 0 Å². The lowest BCUT2D eigenvalue weighted by Gasteiger charge is -2.19. The fourth-order valence-corrected chi connectivity index (χ4v) is 1.72. The number of hydrogen-bond donors (Lipinski definition) is 2. The monoisotopic (exact) mass is 181 g/mol. The summed E-state index contributed by atoms with van der Waals surface area (Å²) in [4.78, 5) is 0. The minimum atomic E-state index is 0.342. The molecule has 0 fully saturated rings. The average Bonchev–Trinajstić information content (AvgIpc) is 2.07. The van der Waals surface area contributed by atoms with Gasteiger partial charge in [0.15, 0.2) is 0 Å². The number of benzene rings is 1. The van der Waals surface area contributed by atoms with Gasteiger partial charge >= 0.3 is 0 Å². The van der Waals surface area contributed by atoms with Crippen molar-refractivity contribution in [1.29, 1.82) is 0 Å². The molecule has 12 heavy (non-hydrogen) atoms. The quantitative estimate of drug-likeness (QED) is 0.683. The summed E-state index contributed by atoms with van der Waals surface area (Å²) >= 11 is 4.12. The van der Waals surface area contributed by atoms with E-state index in [-0.39, 0.29) is 0 Å².